The monoisotopic (exact) mass is 313 g/mol. The van der Waals surface area contributed by atoms with Gasteiger partial charge in [-0.2, -0.15) is 0 Å². The van der Waals surface area contributed by atoms with E-state index in [-0.39, 0.29) is 17.6 Å². The van der Waals surface area contributed by atoms with E-state index in [0.717, 1.165) is 24.9 Å². The van der Waals surface area contributed by atoms with Crippen LogP contribution in [0.4, 0.5) is 15.9 Å². The zero-order valence-corrected chi connectivity index (χ0v) is 12.9. The third-order valence-electron chi connectivity index (χ3n) is 4.17. The Morgan fingerprint density at radius 1 is 1.22 bits per heavy atom. The fourth-order valence-corrected chi connectivity index (χ4v) is 2.51. The highest BCUT2D eigenvalue weighted by Crippen LogP contribution is 2.27. The van der Waals surface area contributed by atoms with Crippen LogP contribution in [0, 0.1) is 11.7 Å². The first-order valence-electron chi connectivity index (χ1n) is 7.96. The van der Waals surface area contributed by atoms with Gasteiger partial charge in [0.05, 0.1) is 11.9 Å². The summed E-state index contributed by atoms with van der Waals surface area (Å²) >= 11 is 0. The third-order valence-corrected chi connectivity index (χ3v) is 4.17. The van der Waals surface area contributed by atoms with Crippen LogP contribution >= 0.6 is 0 Å². The predicted octanol–water partition coefficient (Wildman–Crippen LogP) is 3.61. The van der Waals surface area contributed by atoms with Crippen LogP contribution in [-0.2, 0) is 11.2 Å². The second kappa shape index (κ2) is 7.22. The topological polar surface area (TPSA) is 54.0 Å². The molecule has 0 radical (unpaired) electrons. The second-order valence-corrected chi connectivity index (χ2v) is 5.82. The maximum atomic E-state index is 13.5. The van der Waals surface area contributed by atoms with E-state index in [1.807, 2.05) is 12.1 Å². The number of carbonyl (C=O) groups is 1. The van der Waals surface area contributed by atoms with Gasteiger partial charge in [-0.3, -0.25) is 4.79 Å². The van der Waals surface area contributed by atoms with Crippen LogP contribution in [0.25, 0.3) is 0 Å². The average molecular weight is 313 g/mol. The zero-order valence-electron chi connectivity index (χ0n) is 12.9. The van der Waals surface area contributed by atoms with Crippen molar-refractivity contribution in [3.63, 3.8) is 0 Å². The number of hydrogen-bond donors (Lipinski definition) is 2. The van der Waals surface area contributed by atoms with E-state index in [1.54, 1.807) is 24.4 Å². The number of amides is 1. The molecule has 1 aliphatic carbocycles. The van der Waals surface area contributed by atoms with Gasteiger partial charge < -0.3 is 10.6 Å². The van der Waals surface area contributed by atoms with Crippen molar-refractivity contribution in [2.24, 2.45) is 5.92 Å². The van der Waals surface area contributed by atoms with Crippen molar-refractivity contribution >= 4 is 17.4 Å². The molecule has 1 heterocycles. The first-order chi connectivity index (χ1) is 11.2. The number of anilines is 2. The van der Waals surface area contributed by atoms with Gasteiger partial charge in [0.15, 0.2) is 0 Å². The lowest BCUT2D eigenvalue weighted by molar-refractivity contribution is -0.122. The van der Waals surface area contributed by atoms with Gasteiger partial charge in [0, 0.05) is 12.5 Å². The summed E-state index contributed by atoms with van der Waals surface area (Å²) in [6.45, 7) is 0.621. The van der Waals surface area contributed by atoms with Crippen LogP contribution in [0.1, 0.15) is 24.8 Å². The Labute approximate surface area is 135 Å². The lowest BCUT2D eigenvalue weighted by atomic mass is 9.85. The maximum Gasteiger partial charge on any atom is 0.228 e. The Bertz CT molecular complexity index is 668. The number of benzene rings is 1. The number of hydrogen-bond acceptors (Lipinski definition) is 3. The minimum Gasteiger partial charge on any atom is -0.383 e. The van der Waals surface area contributed by atoms with Gasteiger partial charge in [0.2, 0.25) is 5.91 Å². The lowest BCUT2D eigenvalue weighted by Crippen LogP contribution is -2.28. The molecule has 4 nitrogen and oxygen atoms in total. The zero-order chi connectivity index (χ0) is 16.1. The van der Waals surface area contributed by atoms with Gasteiger partial charge in [-0.25, -0.2) is 9.37 Å². The highest BCUT2D eigenvalue weighted by molar-refractivity contribution is 5.92. The molecule has 0 atom stereocenters. The van der Waals surface area contributed by atoms with E-state index >= 15 is 0 Å². The Kier molecular flexibility index (Phi) is 4.86. The molecule has 0 saturated heterocycles. The van der Waals surface area contributed by atoms with E-state index in [2.05, 4.69) is 15.6 Å². The highest BCUT2D eigenvalue weighted by atomic mass is 19.1. The predicted molar refractivity (Wildman–Crippen MR) is 88.8 cm³/mol. The smallest absolute Gasteiger partial charge is 0.228 e. The van der Waals surface area contributed by atoms with Crippen LogP contribution in [-0.4, -0.2) is 17.4 Å². The minimum absolute atomic E-state index is 0.0593. The molecule has 1 saturated carbocycles. The summed E-state index contributed by atoms with van der Waals surface area (Å²) in [5.74, 6) is 0.599. The third kappa shape index (κ3) is 4.06. The molecule has 2 N–H and O–H groups in total. The maximum absolute atomic E-state index is 13.5. The van der Waals surface area contributed by atoms with E-state index in [4.69, 9.17) is 0 Å². The molecule has 23 heavy (non-hydrogen) atoms. The molecule has 0 spiro atoms. The number of halogens is 1. The van der Waals surface area contributed by atoms with Crippen molar-refractivity contribution in [3.05, 3.63) is 54.0 Å². The van der Waals surface area contributed by atoms with Crippen molar-refractivity contribution in [1.82, 2.24) is 4.98 Å². The standard InChI is InChI=1S/C18H20FN3O/c19-16-7-2-1-4-13(16)10-11-20-15-8-9-17(21-12-15)22-18(23)14-5-3-6-14/h1-2,4,7-9,12,14,20H,3,5-6,10-11H2,(H,21,22,23). The quantitative estimate of drug-likeness (QED) is 0.856. The molecule has 3 rings (SSSR count). The summed E-state index contributed by atoms with van der Waals surface area (Å²) in [6, 6.07) is 10.4. The van der Waals surface area contributed by atoms with Gasteiger partial charge in [0.25, 0.3) is 0 Å². The number of pyridine rings is 1. The number of carbonyl (C=O) groups excluding carboxylic acids is 1. The van der Waals surface area contributed by atoms with Crippen molar-refractivity contribution in [1.29, 1.82) is 0 Å². The Hall–Kier alpha value is -2.43. The van der Waals surface area contributed by atoms with Crippen LogP contribution in [0.3, 0.4) is 0 Å². The first-order valence-corrected chi connectivity index (χ1v) is 7.96. The van der Waals surface area contributed by atoms with E-state index < -0.39 is 0 Å². The highest BCUT2D eigenvalue weighted by Gasteiger charge is 2.25. The van der Waals surface area contributed by atoms with Crippen LogP contribution in [0.2, 0.25) is 0 Å². The average Bonchev–Trinajstić information content (AvgIpc) is 2.49. The van der Waals surface area contributed by atoms with Crippen molar-refractivity contribution in [2.45, 2.75) is 25.7 Å². The van der Waals surface area contributed by atoms with Crippen molar-refractivity contribution in [3.8, 4) is 0 Å². The fraction of sp³-hybridized carbons (Fsp3) is 0.333. The molecule has 1 aliphatic rings. The van der Waals surface area contributed by atoms with Gasteiger partial charge in [0.1, 0.15) is 11.6 Å². The molecule has 0 bridgehead atoms. The van der Waals surface area contributed by atoms with Gasteiger partial charge in [-0.05, 0) is 43.0 Å². The summed E-state index contributed by atoms with van der Waals surface area (Å²) in [7, 11) is 0. The SMILES string of the molecule is O=C(Nc1ccc(NCCc2ccccc2F)cn1)C1CCC1. The molecule has 120 valence electrons. The Morgan fingerprint density at radius 3 is 2.70 bits per heavy atom. The first kappa shape index (κ1) is 15.5. The van der Waals surface area contributed by atoms with E-state index in [0.29, 0.717) is 24.3 Å². The largest absolute Gasteiger partial charge is 0.383 e. The summed E-state index contributed by atoms with van der Waals surface area (Å²) in [6.07, 6.45) is 5.37. The number of nitrogens with zero attached hydrogens (tertiary/aromatic N) is 1. The number of nitrogens with one attached hydrogen (secondary N) is 2. The molecule has 5 heteroatoms. The molecule has 1 aromatic carbocycles. The normalized spacial score (nSPS) is 14.1. The number of rotatable bonds is 6. The van der Waals surface area contributed by atoms with Crippen molar-refractivity contribution in [2.75, 3.05) is 17.2 Å². The summed E-state index contributed by atoms with van der Waals surface area (Å²) < 4.78 is 13.5. The van der Waals surface area contributed by atoms with E-state index in [9.17, 15) is 9.18 Å². The van der Waals surface area contributed by atoms with Gasteiger partial charge in [-0.15, -0.1) is 0 Å². The Balaban J connectivity index is 1.47. The number of aromatic nitrogens is 1. The van der Waals surface area contributed by atoms with Crippen molar-refractivity contribution < 1.29 is 9.18 Å². The molecule has 0 unspecified atom stereocenters. The van der Waals surface area contributed by atoms with E-state index in [1.165, 1.54) is 6.07 Å². The summed E-state index contributed by atoms with van der Waals surface area (Å²) in [5.41, 5.74) is 1.54. The molecular weight excluding hydrogens is 293 g/mol. The van der Waals surface area contributed by atoms with Gasteiger partial charge >= 0.3 is 0 Å². The lowest BCUT2D eigenvalue weighted by Gasteiger charge is -2.23. The Morgan fingerprint density at radius 2 is 2.04 bits per heavy atom. The van der Waals surface area contributed by atoms with Crippen LogP contribution in [0.15, 0.2) is 42.6 Å². The molecule has 2 aromatic rings. The second-order valence-electron chi connectivity index (χ2n) is 5.82. The minimum atomic E-state index is -0.179. The summed E-state index contributed by atoms with van der Waals surface area (Å²) in [4.78, 5) is 16.1. The van der Waals surface area contributed by atoms with Crippen LogP contribution < -0.4 is 10.6 Å². The van der Waals surface area contributed by atoms with Crippen LogP contribution in [0.5, 0.6) is 0 Å². The molecule has 1 amide bonds. The molecule has 1 fully saturated rings. The summed E-state index contributed by atoms with van der Waals surface area (Å²) in [5, 5.41) is 6.04. The fourth-order valence-electron chi connectivity index (χ4n) is 2.51. The molecule has 1 aromatic heterocycles. The molecule has 0 aliphatic heterocycles. The van der Waals surface area contributed by atoms with Gasteiger partial charge in [-0.1, -0.05) is 24.6 Å². The molecular formula is C18H20FN3O.